The van der Waals surface area contributed by atoms with Crippen molar-refractivity contribution in [2.75, 3.05) is 13.6 Å². The van der Waals surface area contributed by atoms with Crippen LogP contribution in [0.15, 0.2) is 24.0 Å². The van der Waals surface area contributed by atoms with E-state index in [1.165, 1.54) is 17.6 Å². The second-order valence-electron chi connectivity index (χ2n) is 4.06. The number of hydrogen-bond donors (Lipinski definition) is 1. The van der Waals surface area contributed by atoms with Crippen molar-refractivity contribution in [3.05, 3.63) is 29.6 Å². The second-order valence-corrected chi connectivity index (χ2v) is 4.06. The van der Waals surface area contributed by atoms with E-state index >= 15 is 0 Å². The Bertz CT molecular complexity index is 308. The lowest BCUT2D eigenvalue weighted by atomic mass is 10.2. The maximum absolute atomic E-state index is 4.32. The predicted molar refractivity (Wildman–Crippen MR) is 63.9 cm³/mol. The van der Waals surface area contributed by atoms with Crippen LogP contribution in [-0.2, 0) is 13.0 Å². The fourth-order valence-electron chi connectivity index (χ4n) is 1.38. The first kappa shape index (κ1) is 12.0. The fraction of sp³-hybridized carbons (Fsp3) is 0.583. The van der Waals surface area contributed by atoms with Crippen LogP contribution >= 0.6 is 0 Å². The molecule has 0 fully saturated rings. The maximum atomic E-state index is 4.32. The molecule has 84 valence electrons. The molecule has 1 N–H and O–H groups in total. The summed E-state index contributed by atoms with van der Waals surface area (Å²) in [6, 6.07) is 0. The lowest BCUT2D eigenvalue weighted by Crippen LogP contribution is -2.08. The van der Waals surface area contributed by atoms with Gasteiger partial charge in [-0.05, 0) is 45.8 Å². The number of allylic oxidation sites excluding steroid dienone is 2. The molecule has 0 saturated heterocycles. The molecule has 0 aliphatic carbocycles. The van der Waals surface area contributed by atoms with Crippen molar-refractivity contribution in [1.29, 1.82) is 0 Å². The summed E-state index contributed by atoms with van der Waals surface area (Å²) in [6.45, 7) is 6.17. The Morgan fingerprint density at radius 1 is 1.53 bits per heavy atom. The van der Waals surface area contributed by atoms with Crippen molar-refractivity contribution in [2.45, 2.75) is 33.2 Å². The number of aromatic nitrogens is 2. The van der Waals surface area contributed by atoms with Crippen molar-refractivity contribution < 1.29 is 0 Å². The minimum absolute atomic E-state index is 0.883. The maximum Gasteiger partial charge on any atom is 0.0592 e. The van der Waals surface area contributed by atoms with Gasteiger partial charge in [0, 0.05) is 6.20 Å². The molecule has 0 aliphatic rings. The summed E-state index contributed by atoms with van der Waals surface area (Å²) in [5, 5.41) is 7.47. The van der Waals surface area contributed by atoms with E-state index < -0.39 is 0 Å². The van der Waals surface area contributed by atoms with E-state index in [0.717, 1.165) is 19.5 Å². The average Bonchev–Trinajstić information content (AvgIpc) is 2.63. The Morgan fingerprint density at radius 2 is 2.33 bits per heavy atom. The third-order valence-corrected chi connectivity index (χ3v) is 2.27. The summed E-state index contributed by atoms with van der Waals surface area (Å²) in [5.74, 6) is 0. The summed E-state index contributed by atoms with van der Waals surface area (Å²) in [7, 11) is 1.98. The van der Waals surface area contributed by atoms with Gasteiger partial charge in [0.2, 0.25) is 0 Å². The van der Waals surface area contributed by atoms with Gasteiger partial charge in [0.25, 0.3) is 0 Å². The minimum atomic E-state index is 0.883. The minimum Gasteiger partial charge on any atom is -0.320 e. The number of rotatable bonds is 6. The van der Waals surface area contributed by atoms with E-state index in [1.807, 2.05) is 17.9 Å². The van der Waals surface area contributed by atoms with Crippen LogP contribution in [0.1, 0.15) is 25.8 Å². The SMILES string of the molecule is CNCCCc1cnn(CC=C(C)C)c1. The molecule has 0 atom stereocenters. The molecule has 0 bridgehead atoms. The molecule has 1 aromatic heterocycles. The zero-order chi connectivity index (χ0) is 11.1. The van der Waals surface area contributed by atoms with Crippen molar-refractivity contribution in [3.8, 4) is 0 Å². The highest BCUT2D eigenvalue weighted by molar-refractivity contribution is 5.05. The molecular formula is C12H21N3. The third-order valence-electron chi connectivity index (χ3n) is 2.27. The predicted octanol–water partition coefficient (Wildman–Crippen LogP) is 2.00. The van der Waals surface area contributed by atoms with Crippen LogP contribution in [0.2, 0.25) is 0 Å². The summed E-state index contributed by atoms with van der Waals surface area (Å²) >= 11 is 0. The van der Waals surface area contributed by atoms with Crippen LogP contribution in [0.5, 0.6) is 0 Å². The molecule has 1 heterocycles. The molecule has 0 amide bonds. The molecule has 1 aromatic rings. The third kappa shape index (κ3) is 4.79. The number of hydrogen-bond acceptors (Lipinski definition) is 2. The smallest absolute Gasteiger partial charge is 0.0592 e. The topological polar surface area (TPSA) is 29.9 Å². The largest absolute Gasteiger partial charge is 0.320 e. The van der Waals surface area contributed by atoms with Crippen LogP contribution in [0.25, 0.3) is 0 Å². The van der Waals surface area contributed by atoms with Gasteiger partial charge in [0.05, 0.1) is 12.7 Å². The van der Waals surface area contributed by atoms with Gasteiger partial charge in [-0.25, -0.2) is 0 Å². The first-order valence-corrected chi connectivity index (χ1v) is 5.51. The molecule has 15 heavy (non-hydrogen) atoms. The second kappa shape index (κ2) is 6.40. The highest BCUT2D eigenvalue weighted by atomic mass is 15.3. The monoisotopic (exact) mass is 207 g/mol. The van der Waals surface area contributed by atoms with E-state index in [2.05, 4.69) is 36.5 Å². The van der Waals surface area contributed by atoms with Crippen LogP contribution < -0.4 is 5.32 Å². The van der Waals surface area contributed by atoms with Gasteiger partial charge in [0.1, 0.15) is 0 Å². The van der Waals surface area contributed by atoms with Crippen LogP contribution in [0.3, 0.4) is 0 Å². The van der Waals surface area contributed by atoms with E-state index in [4.69, 9.17) is 0 Å². The molecule has 0 aliphatic heterocycles. The van der Waals surface area contributed by atoms with E-state index in [9.17, 15) is 0 Å². The lowest BCUT2D eigenvalue weighted by Gasteiger charge is -1.97. The van der Waals surface area contributed by atoms with Gasteiger partial charge in [-0.3, -0.25) is 4.68 Å². The van der Waals surface area contributed by atoms with Gasteiger partial charge in [-0.1, -0.05) is 11.6 Å². The van der Waals surface area contributed by atoms with Gasteiger partial charge in [0.15, 0.2) is 0 Å². The highest BCUT2D eigenvalue weighted by Gasteiger charge is 1.96. The molecule has 3 nitrogen and oxygen atoms in total. The molecule has 0 radical (unpaired) electrons. The number of nitrogens with zero attached hydrogens (tertiary/aromatic N) is 2. The number of nitrogens with one attached hydrogen (secondary N) is 1. The molecule has 0 unspecified atom stereocenters. The molecule has 0 spiro atoms. The standard InChI is InChI=1S/C12H21N3/c1-11(2)6-8-15-10-12(9-14-15)5-4-7-13-3/h6,9-10,13H,4-5,7-8H2,1-3H3. The van der Waals surface area contributed by atoms with Gasteiger partial charge < -0.3 is 5.32 Å². The molecule has 3 heteroatoms. The normalized spacial score (nSPS) is 10.3. The Kier molecular flexibility index (Phi) is 5.12. The van der Waals surface area contributed by atoms with E-state index in [-0.39, 0.29) is 0 Å². The van der Waals surface area contributed by atoms with Crippen molar-refractivity contribution in [1.82, 2.24) is 15.1 Å². The molecule has 0 saturated carbocycles. The summed E-state index contributed by atoms with van der Waals surface area (Å²) in [5.41, 5.74) is 2.66. The van der Waals surface area contributed by atoms with Gasteiger partial charge >= 0.3 is 0 Å². The van der Waals surface area contributed by atoms with Crippen molar-refractivity contribution in [3.63, 3.8) is 0 Å². The Balaban J connectivity index is 2.38. The van der Waals surface area contributed by atoms with Gasteiger partial charge in [-0.2, -0.15) is 5.10 Å². The van der Waals surface area contributed by atoms with Crippen molar-refractivity contribution in [2.24, 2.45) is 0 Å². The van der Waals surface area contributed by atoms with Crippen LogP contribution in [0.4, 0.5) is 0 Å². The van der Waals surface area contributed by atoms with E-state index in [0.29, 0.717) is 0 Å². The summed E-state index contributed by atoms with van der Waals surface area (Å²) in [4.78, 5) is 0. The molecular weight excluding hydrogens is 186 g/mol. The highest BCUT2D eigenvalue weighted by Crippen LogP contribution is 2.02. The zero-order valence-corrected chi connectivity index (χ0v) is 9.95. The lowest BCUT2D eigenvalue weighted by molar-refractivity contribution is 0.695. The molecule has 0 aromatic carbocycles. The van der Waals surface area contributed by atoms with E-state index in [1.54, 1.807) is 0 Å². The summed E-state index contributed by atoms with van der Waals surface area (Å²) in [6.07, 6.45) is 8.56. The van der Waals surface area contributed by atoms with Crippen LogP contribution in [-0.4, -0.2) is 23.4 Å². The Morgan fingerprint density at radius 3 is 3.00 bits per heavy atom. The average molecular weight is 207 g/mol. The van der Waals surface area contributed by atoms with Gasteiger partial charge in [-0.15, -0.1) is 0 Å². The first-order valence-electron chi connectivity index (χ1n) is 5.51. The summed E-state index contributed by atoms with van der Waals surface area (Å²) < 4.78 is 1.99. The van der Waals surface area contributed by atoms with Crippen LogP contribution in [0, 0.1) is 0 Å². The zero-order valence-electron chi connectivity index (χ0n) is 9.95. The quantitative estimate of drug-likeness (QED) is 0.571. The fourth-order valence-corrected chi connectivity index (χ4v) is 1.38. The Labute approximate surface area is 92.2 Å². The Hall–Kier alpha value is -1.09. The first-order chi connectivity index (χ1) is 7.22. The molecule has 1 rings (SSSR count). The number of aryl methyl sites for hydroxylation is 1. The van der Waals surface area contributed by atoms with Crippen molar-refractivity contribution >= 4 is 0 Å².